The minimum atomic E-state index is -4.55. The third-order valence-corrected chi connectivity index (χ3v) is 4.26. The summed E-state index contributed by atoms with van der Waals surface area (Å²) in [5.74, 6) is -1.41. The molecule has 0 aliphatic carbocycles. The minimum absolute atomic E-state index is 0.0219. The third kappa shape index (κ3) is 3.60. The number of carbonyl (C=O) groups is 1. The standard InChI is InChI=1S/C18H18F3NO3/c1-4-10(2)22-9-14(17(24)25)16(23)15(11(22)3)12-6-5-7-13(8-12)18(19,20)21/h5-10H,4H2,1-3H3,(H,24,25)/t10-/m0/s1. The molecule has 0 saturated carbocycles. The van der Waals surface area contributed by atoms with Gasteiger partial charge in [0, 0.05) is 23.5 Å². The third-order valence-electron chi connectivity index (χ3n) is 4.26. The highest BCUT2D eigenvalue weighted by Crippen LogP contribution is 2.32. The Morgan fingerprint density at radius 1 is 1.32 bits per heavy atom. The smallest absolute Gasteiger partial charge is 0.416 e. The number of halogens is 3. The molecule has 1 aromatic carbocycles. The van der Waals surface area contributed by atoms with Gasteiger partial charge in [-0.15, -0.1) is 0 Å². The maximum absolute atomic E-state index is 13.0. The average molecular weight is 353 g/mol. The Kier molecular flexibility index (Phi) is 5.06. The Bertz CT molecular complexity index is 869. The molecule has 0 bridgehead atoms. The second kappa shape index (κ2) is 6.74. The van der Waals surface area contributed by atoms with Gasteiger partial charge in [0.1, 0.15) is 5.56 Å². The average Bonchev–Trinajstić information content (AvgIpc) is 2.53. The second-order valence-electron chi connectivity index (χ2n) is 5.88. The van der Waals surface area contributed by atoms with Crippen molar-refractivity contribution < 1.29 is 23.1 Å². The van der Waals surface area contributed by atoms with E-state index in [2.05, 4.69) is 0 Å². The number of pyridine rings is 1. The van der Waals surface area contributed by atoms with Crippen molar-refractivity contribution in [3.8, 4) is 11.1 Å². The highest BCUT2D eigenvalue weighted by Gasteiger charge is 2.31. The number of nitrogens with zero attached hydrogens (tertiary/aromatic N) is 1. The van der Waals surface area contributed by atoms with Crippen LogP contribution in [0.3, 0.4) is 0 Å². The fraction of sp³-hybridized carbons (Fsp3) is 0.333. The van der Waals surface area contributed by atoms with Gasteiger partial charge in [-0.1, -0.05) is 19.1 Å². The monoisotopic (exact) mass is 353 g/mol. The van der Waals surface area contributed by atoms with Crippen molar-refractivity contribution >= 4 is 5.97 Å². The highest BCUT2D eigenvalue weighted by atomic mass is 19.4. The first-order chi connectivity index (χ1) is 11.6. The largest absolute Gasteiger partial charge is 0.477 e. The van der Waals surface area contributed by atoms with Gasteiger partial charge in [-0.25, -0.2) is 4.79 Å². The van der Waals surface area contributed by atoms with E-state index in [1.165, 1.54) is 18.3 Å². The van der Waals surface area contributed by atoms with Gasteiger partial charge in [0.05, 0.1) is 5.56 Å². The molecule has 7 heteroatoms. The Morgan fingerprint density at radius 2 is 1.96 bits per heavy atom. The Balaban J connectivity index is 2.83. The van der Waals surface area contributed by atoms with Crippen LogP contribution in [0.1, 0.15) is 47.9 Å². The van der Waals surface area contributed by atoms with E-state index in [1.54, 1.807) is 11.5 Å². The first-order valence-electron chi connectivity index (χ1n) is 7.74. The van der Waals surface area contributed by atoms with Crippen LogP contribution in [0.2, 0.25) is 0 Å². The van der Waals surface area contributed by atoms with E-state index >= 15 is 0 Å². The van der Waals surface area contributed by atoms with Gasteiger partial charge in [0.25, 0.3) is 0 Å². The van der Waals surface area contributed by atoms with Crippen molar-refractivity contribution in [3.05, 3.63) is 57.5 Å². The van der Waals surface area contributed by atoms with Gasteiger partial charge in [-0.05, 0) is 38.0 Å². The summed E-state index contributed by atoms with van der Waals surface area (Å²) >= 11 is 0. The van der Waals surface area contributed by atoms with Crippen molar-refractivity contribution in [2.45, 2.75) is 39.4 Å². The predicted molar refractivity (Wildman–Crippen MR) is 87.8 cm³/mol. The zero-order chi connectivity index (χ0) is 18.9. The van der Waals surface area contributed by atoms with Crippen molar-refractivity contribution in [1.82, 2.24) is 4.57 Å². The Morgan fingerprint density at radius 3 is 2.48 bits per heavy atom. The maximum atomic E-state index is 13.0. The zero-order valence-corrected chi connectivity index (χ0v) is 14.0. The van der Waals surface area contributed by atoms with E-state index < -0.39 is 28.7 Å². The van der Waals surface area contributed by atoms with Crippen LogP contribution in [0.5, 0.6) is 0 Å². The number of alkyl halides is 3. The molecule has 0 unspecified atom stereocenters. The van der Waals surface area contributed by atoms with Crippen molar-refractivity contribution in [2.24, 2.45) is 0 Å². The van der Waals surface area contributed by atoms with Gasteiger partial charge < -0.3 is 9.67 Å². The van der Waals surface area contributed by atoms with E-state index in [0.29, 0.717) is 12.1 Å². The molecule has 1 N–H and O–H groups in total. The van der Waals surface area contributed by atoms with Crippen LogP contribution in [0.15, 0.2) is 35.3 Å². The van der Waals surface area contributed by atoms with E-state index in [1.807, 2.05) is 13.8 Å². The summed E-state index contributed by atoms with van der Waals surface area (Å²) in [6, 6.07) is 4.26. The fourth-order valence-electron chi connectivity index (χ4n) is 2.72. The molecular formula is C18H18F3NO3. The molecule has 0 spiro atoms. The number of benzene rings is 1. The van der Waals surface area contributed by atoms with Crippen LogP contribution in [-0.4, -0.2) is 15.6 Å². The van der Waals surface area contributed by atoms with Gasteiger partial charge in [0.15, 0.2) is 0 Å². The van der Waals surface area contributed by atoms with Gasteiger partial charge in [-0.3, -0.25) is 4.79 Å². The van der Waals surface area contributed by atoms with Crippen molar-refractivity contribution in [2.75, 3.05) is 0 Å². The molecule has 1 aromatic heterocycles. The number of rotatable bonds is 4. The molecular weight excluding hydrogens is 335 g/mol. The molecule has 0 radical (unpaired) electrons. The lowest BCUT2D eigenvalue weighted by Gasteiger charge is -2.21. The molecule has 134 valence electrons. The Hall–Kier alpha value is -2.57. The summed E-state index contributed by atoms with van der Waals surface area (Å²) in [4.78, 5) is 24.0. The number of carboxylic acid groups (broad SMARTS) is 1. The molecule has 4 nitrogen and oxygen atoms in total. The van der Waals surface area contributed by atoms with Gasteiger partial charge in [0.2, 0.25) is 5.43 Å². The molecule has 1 heterocycles. The van der Waals surface area contributed by atoms with Crippen molar-refractivity contribution in [1.29, 1.82) is 0 Å². The van der Waals surface area contributed by atoms with Crippen molar-refractivity contribution in [3.63, 3.8) is 0 Å². The molecule has 0 aliphatic rings. The lowest BCUT2D eigenvalue weighted by atomic mass is 9.98. The molecule has 1 atom stereocenters. The molecule has 2 rings (SSSR count). The summed E-state index contributed by atoms with van der Waals surface area (Å²) in [7, 11) is 0. The van der Waals surface area contributed by atoms with Gasteiger partial charge >= 0.3 is 12.1 Å². The predicted octanol–water partition coefficient (Wildman–Crippen LogP) is 4.51. The van der Waals surface area contributed by atoms with E-state index in [-0.39, 0.29) is 17.2 Å². The quantitative estimate of drug-likeness (QED) is 0.880. The highest BCUT2D eigenvalue weighted by molar-refractivity contribution is 5.89. The molecule has 0 aliphatic heterocycles. The molecule has 0 fully saturated rings. The topological polar surface area (TPSA) is 59.3 Å². The van der Waals surface area contributed by atoms with E-state index in [4.69, 9.17) is 0 Å². The van der Waals surface area contributed by atoms with Crippen LogP contribution in [0.25, 0.3) is 11.1 Å². The van der Waals surface area contributed by atoms with Crippen LogP contribution in [0.4, 0.5) is 13.2 Å². The molecule has 0 saturated heterocycles. The normalized spacial score (nSPS) is 12.9. The fourth-order valence-corrected chi connectivity index (χ4v) is 2.72. The second-order valence-corrected chi connectivity index (χ2v) is 5.88. The molecule has 2 aromatic rings. The van der Waals surface area contributed by atoms with Crippen LogP contribution >= 0.6 is 0 Å². The number of carboxylic acids is 1. The maximum Gasteiger partial charge on any atom is 0.416 e. The molecule has 0 amide bonds. The Labute approximate surface area is 142 Å². The summed E-state index contributed by atoms with van der Waals surface area (Å²) in [5, 5.41) is 9.30. The van der Waals surface area contributed by atoms with Crippen LogP contribution in [0, 0.1) is 6.92 Å². The summed E-state index contributed by atoms with van der Waals surface area (Å²) in [6.07, 6.45) is -2.62. The zero-order valence-electron chi connectivity index (χ0n) is 14.0. The minimum Gasteiger partial charge on any atom is -0.477 e. The van der Waals surface area contributed by atoms with Gasteiger partial charge in [-0.2, -0.15) is 13.2 Å². The first-order valence-corrected chi connectivity index (χ1v) is 7.74. The lowest BCUT2D eigenvalue weighted by Crippen LogP contribution is -2.23. The summed E-state index contributed by atoms with van der Waals surface area (Å²) in [6.45, 7) is 5.35. The van der Waals surface area contributed by atoms with E-state index in [9.17, 15) is 27.9 Å². The number of hydrogen-bond donors (Lipinski definition) is 1. The number of hydrogen-bond acceptors (Lipinski definition) is 2. The number of aromatic carboxylic acids is 1. The lowest BCUT2D eigenvalue weighted by molar-refractivity contribution is -0.137. The first kappa shape index (κ1) is 18.8. The van der Waals surface area contributed by atoms with E-state index in [0.717, 1.165) is 12.1 Å². The summed E-state index contributed by atoms with van der Waals surface area (Å²) in [5.41, 5.74) is -1.67. The van der Waals surface area contributed by atoms with Crippen LogP contribution < -0.4 is 5.43 Å². The van der Waals surface area contributed by atoms with Crippen LogP contribution in [-0.2, 0) is 6.18 Å². The molecule has 25 heavy (non-hydrogen) atoms. The number of aromatic nitrogens is 1. The SMILES string of the molecule is CC[C@H](C)n1cc(C(=O)O)c(=O)c(-c2cccc(C(F)(F)F)c2)c1C. The summed E-state index contributed by atoms with van der Waals surface area (Å²) < 4.78 is 40.6.